The first kappa shape index (κ1) is 24.0. The quantitative estimate of drug-likeness (QED) is 0.476. The fourth-order valence-corrected chi connectivity index (χ4v) is 4.44. The molecule has 1 heterocycles. The van der Waals surface area contributed by atoms with Gasteiger partial charge in [0.05, 0.1) is 23.3 Å². The first-order chi connectivity index (χ1) is 16.5. The van der Waals surface area contributed by atoms with Gasteiger partial charge >= 0.3 is 6.01 Å². The Balaban J connectivity index is 1.62. The molecule has 8 heteroatoms. The third-order valence-electron chi connectivity index (χ3n) is 6.13. The van der Waals surface area contributed by atoms with Crippen LogP contribution in [0.25, 0.3) is 0 Å². The van der Waals surface area contributed by atoms with Gasteiger partial charge in [-0.1, -0.05) is 61.2 Å². The molecule has 1 saturated carbocycles. The second-order valence-corrected chi connectivity index (χ2v) is 9.01. The lowest BCUT2D eigenvalue weighted by atomic mass is 9.85. The zero-order valence-electron chi connectivity index (χ0n) is 19.2. The maximum absolute atomic E-state index is 13.0. The molecule has 1 amide bonds. The van der Waals surface area contributed by atoms with Crippen LogP contribution in [0.1, 0.15) is 48.0 Å². The lowest BCUT2D eigenvalue weighted by Crippen LogP contribution is -2.44. The number of rotatable bonds is 8. The number of nitrogens with one attached hydrogen (secondary N) is 1. The third kappa shape index (κ3) is 5.85. The van der Waals surface area contributed by atoms with Crippen molar-refractivity contribution in [2.45, 2.75) is 44.2 Å². The van der Waals surface area contributed by atoms with E-state index in [1.165, 1.54) is 7.11 Å². The molecule has 0 aliphatic heterocycles. The van der Waals surface area contributed by atoms with E-state index < -0.39 is 5.60 Å². The number of ether oxygens (including phenoxy) is 1. The minimum Gasteiger partial charge on any atom is -0.467 e. The van der Waals surface area contributed by atoms with Crippen molar-refractivity contribution in [2.75, 3.05) is 18.6 Å². The van der Waals surface area contributed by atoms with Gasteiger partial charge in [-0.2, -0.15) is 4.98 Å². The molecule has 4 rings (SSSR count). The maximum atomic E-state index is 13.0. The largest absolute Gasteiger partial charge is 0.467 e. The molecule has 7 nitrogen and oxygen atoms in total. The van der Waals surface area contributed by atoms with Crippen molar-refractivity contribution in [1.29, 1.82) is 0 Å². The molecule has 0 atom stereocenters. The first-order valence-electron chi connectivity index (χ1n) is 11.5. The normalized spacial score (nSPS) is 14.9. The number of carbonyl (C=O) groups excluding carboxylic acids is 1. The Morgan fingerprint density at radius 2 is 1.91 bits per heavy atom. The smallest absolute Gasteiger partial charge is 0.318 e. The summed E-state index contributed by atoms with van der Waals surface area (Å²) in [5, 5.41) is 14.0. The van der Waals surface area contributed by atoms with Gasteiger partial charge in [0.25, 0.3) is 5.91 Å². The number of hydrogen-bond acceptors (Lipinski definition) is 6. The number of benzene rings is 2. The summed E-state index contributed by atoms with van der Waals surface area (Å²) in [5.74, 6) is 0.312. The molecule has 0 spiro atoms. The number of methoxy groups -OCH3 is 1. The molecule has 0 radical (unpaired) electrons. The van der Waals surface area contributed by atoms with Gasteiger partial charge < -0.3 is 20.1 Å². The van der Waals surface area contributed by atoms with Crippen molar-refractivity contribution in [1.82, 2.24) is 15.3 Å². The molecule has 0 bridgehead atoms. The van der Waals surface area contributed by atoms with Gasteiger partial charge in [0.1, 0.15) is 5.82 Å². The predicted molar refractivity (Wildman–Crippen MR) is 133 cm³/mol. The maximum Gasteiger partial charge on any atom is 0.318 e. The average molecular weight is 481 g/mol. The van der Waals surface area contributed by atoms with Crippen LogP contribution in [-0.4, -0.2) is 40.2 Å². The van der Waals surface area contributed by atoms with Gasteiger partial charge in [-0.15, -0.1) is 0 Å². The van der Waals surface area contributed by atoms with E-state index >= 15 is 0 Å². The van der Waals surface area contributed by atoms with Crippen molar-refractivity contribution in [3.63, 3.8) is 0 Å². The molecule has 0 unspecified atom stereocenters. The monoisotopic (exact) mass is 480 g/mol. The Kier molecular flexibility index (Phi) is 7.65. The average Bonchev–Trinajstić information content (AvgIpc) is 2.87. The molecule has 0 saturated heterocycles. The molecule has 3 aromatic rings. The van der Waals surface area contributed by atoms with Crippen LogP contribution in [0.4, 0.5) is 11.5 Å². The fourth-order valence-electron chi connectivity index (χ4n) is 4.23. The van der Waals surface area contributed by atoms with Crippen LogP contribution < -0.4 is 15.0 Å². The van der Waals surface area contributed by atoms with Crippen molar-refractivity contribution in [3.05, 3.63) is 76.9 Å². The van der Waals surface area contributed by atoms with Gasteiger partial charge in [0, 0.05) is 25.0 Å². The van der Waals surface area contributed by atoms with E-state index in [2.05, 4.69) is 15.3 Å². The van der Waals surface area contributed by atoms with E-state index in [-0.39, 0.29) is 18.5 Å². The summed E-state index contributed by atoms with van der Waals surface area (Å²) in [7, 11) is 1.52. The van der Waals surface area contributed by atoms with Crippen LogP contribution in [0.5, 0.6) is 6.01 Å². The van der Waals surface area contributed by atoms with Crippen molar-refractivity contribution in [2.24, 2.45) is 0 Å². The number of hydrogen-bond donors (Lipinski definition) is 2. The minimum atomic E-state index is -0.852. The van der Waals surface area contributed by atoms with Gasteiger partial charge in [-0.3, -0.25) is 4.79 Å². The number of aliphatic hydroxyl groups is 1. The number of anilines is 2. The van der Waals surface area contributed by atoms with Gasteiger partial charge in [-0.05, 0) is 42.7 Å². The Hall–Kier alpha value is -3.16. The number of nitrogens with zero attached hydrogens (tertiary/aromatic N) is 3. The summed E-state index contributed by atoms with van der Waals surface area (Å²) in [4.78, 5) is 23.6. The molecule has 34 heavy (non-hydrogen) atoms. The highest BCUT2D eigenvalue weighted by Gasteiger charge is 2.30. The van der Waals surface area contributed by atoms with Crippen LogP contribution in [0, 0.1) is 0 Å². The third-order valence-corrected chi connectivity index (χ3v) is 6.46. The molecule has 2 N–H and O–H groups in total. The lowest BCUT2D eigenvalue weighted by Gasteiger charge is -2.32. The van der Waals surface area contributed by atoms with E-state index in [4.69, 9.17) is 16.3 Å². The summed E-state index contributed by atoms with van der Waals surface area (Å²) < 4.78 is 5.21. The van der Waals surface area contributed by atoms with Crippen molar-refractivity contribution >= 4 is 29.0 Å². The summed E-state index contributed by atoms with van der Waals surface area (Å²) in [5.41, 5.74) is 1.31. The second kappa shape index (κ2) is 10.8. The summed E-state index contributed by atoms with van der Waals surface area (Å²) in [6.07, 6.45) is 6.09. The highest BCUT2D eigenvalue weighted by molar-refractivity contribution is 6.34. The summed E-state index contributed by atoms with van der Waals surface area (Å²) in [6, 6.07) is 17.3. The second-order valence-electron chi connectivity index (χ2n) is 8.61. The molecule has 1 aromatic heterocycles. The fraction of sp³-hybridized carbons (Fsp3) is 0.346. The molecule has 1 fully saturated rings. The molecular formula is C26H29ClN4O3. The summed E-state index contributed by atoms with van der Waals surface area (Å²) >= 11 is 6.42. The van der Waals surface area contributed by atoms with Gasteiger partial charge in [-0.25, -0.2) is 4.98 Å². The Morgan fingerprint density at radius 3 is 2.65 bits per heavy atom. The zero-order valence-corrected chi connectivity index (χ0v) is 20.0. The van der Waals surface area contributed by atoms with E-state index in [9.17, 15) is 9.90 Å². The Bertz CT molecular complexity index is 1120. The highest BCUT2D eigenvalue weighted by atomic mass is 35.5. The van der Waals surface area contributed by atoms with Crippen LogP contribution >= 0.6 is 11.6 Å². The zero-order chi connectivity index (χ0) is 24.0. The molecule has 1 aliphatic rings. The highest BCUT2D eigenvalue weighted by Crippen LogP contribution is 2.31. The van der Waals surface area contributed by atoms with Crippen LogP contribution in [0.3, 0.4) is 0 Å². The lowest BCUT2D eigenvalue weighted by molar-refractivity contribution is 0.00526. The molecule has 1 aliphatic carbocycles. The van der Waals surface area contributed by atoms with Gasteiger partial charge in [0.15, 0.2) is 0 Å². The molecule has 2 aromatic carbocycles. The SMILES string of the molecule is COc1nccc(N(Cc2ccccc2)c2ccc(Cl)c(C(=O)NCC3(O)CCCCC3)c2)n1. The molecular weight excluding hydrogens is 452 g/mol. The minimum absolute atomic E-state index is 0.212. The van der Waals surface area contributed by atoms with E-state index in [1.54, 1.807) is 24.4 Å². The number of amides is 1. The summed E-state index contributed by atoms with van der Waals surface area (Å²) in [6.45, 7) is 0.729. The van der Waals surface area contributed by atoms with Gasteiger partial charge in [0.2, 0.25) is 0 Å². The Labute approximate surface area is 204 Å². The van der Waals surface area contributed by atoms with E-state index in [0.717, 1.165) is 30.5 Å². The standard InChI is InChI=1S/C26H29ClN4O3/c1-34-25-28-15-12-23(30-25)31(17-19-8-4-2-5-9-19)20-10-11-22(27)21(16-20)24(32)29-18-26(33)13-6-3-7-14-26/h2,4-5,8-12,15-16,33H,3,6-7,13-14,17-18H2,1H3,(H,29,32). The van der Waals surface area contributed by atoms with Crippen LogP contribution in [0.15, 0.2) is 60.8 Å². The van der Waals surface area contributed by atoms with E-state index in [0.29, 0.717) is 35.8 Å². The van der Waals surface area contributed by atoms with E-state index in [1.807, 2.05) is 41.3 Å². The predicted octanol–water partition coefficient (Wildman–Crippen LogP) is 4.90. The first-order valence-corrected chi connectivity index (χ1v) is 11.8. The molecule has 178 valence electrons. The van der Waals surface area contributed by atoms with Crippen LogP contribution in [0.2, 0.25) is 5.02 Å². The number of aromatic nitrogens is 2. The topological polar surface area (TPSA) is 87.6 Å². The van der Waals surface area contributed by atoms with Crippen molar-refractivity contribution < 1.29 is 14.6 Å². The van der Waals surface area contributed by atoms with Crippen LogP contribution in [-0.2, 0) is 6.54 Å². The number of carbonyl (C=O) groups is 1. The Morgan fingerprint density at radius 1 is 1.15 bits per heavy atom. The number of halogens is 1. The van der Waals surface area contributed by atoms with Crippen molar-refractivity contribution in [3.8, 4) is 6.01 Å².